The second kappa shape index (κ2) is 13.7. The predicted octanol–water partition coefficient (Wildman–Crippen LogP) is 2.46. The first-order chi connectivity index (χ1) is 20.0. The van der Waals surface area contributed by atoms with Crippen molar-refractivity contribution < 1.29 is 33.8 Å². The molecule has 3 N–H and O–H groups in total. The van der Waals surface area contributed by atoms with E-state index < -0.39 is 64.8 Å². The van der Waals surface area contributed by atoms with Crippen molar-refractivity contribution >= 4 is 29.8 Å². The van der Waals surface area contributed by atoms with Crippen LogP contribution in [0.15, 0.2) is 18.6 Å². The van der Waals surface area contributed by atoms with Gasteiger partial charge in [-0.3, -0.25) is 24.2 Å². The molecular weight excluding hydrogens is 556 g/mol. The van der Waals surface area contributed by atoms with Gasteiger partial charge in [0.25, 0.3) is 5.91 Å². The van der Waals surface area contributed by atoms with Crippen LogP contribution in [0.4, 0.5) is 4.79 Å². The molecule has 0 aromatic carbocycles. The molecule has 1 aliphatic heterocycles. The monoisotopic (exact) mass is 602 g/mol. The molecule has 13 heteroatoms. The Balaban J connectivity index is 1.83. The molecule has 2 aliphatic rings. The molecule has 4 amide bonds. The highest BCUT2D eigenvalue weighted by atomic mass is 16.6. The third-order valence-corrected chi connectivity index (χ3v) is 7.99. The minimum absolute atomic E-state index is 0.0300. The molecule has 1 aliphatic carbocycles. The van der Waals surface area contributed by atoms with Gasteiger partial charge in [0.15, 0.2) is 0 Å². The quantitative estimate of drug-likeness (QED) is 0.404. The summed E-state index contributed by atoms with van der Waals surface area (Å²) in [5.74, 6) is -3.84. The number of hydrogen-bond donors (Lipinski definition) is 3. The summed E-state index contributed by atoms with van der Waals surface area (Å²) in [6.45, 7) is 10.4. The van der Waals surface area contributed by atoms with Crippen molar-refractivity contribution in [3.8, 4) is 0 Å². The van der Waals surface area contributed by atoms with Crippen LogP contribution in [-0.2, 0) is 19.1 Å². The second-order valence-electron chi connectivity index (χ2n) is 13.6. The molecule has 1 aromatic rings. The summed E-state index contributed by atoms with van der Waals surface area (Å²) < 4.78 is 5.43. The Morgan fingerprint density at radius 2 is 1.65 bits per heavy atom. The molecule has 0 bridgehead atoms. The largest absolute Gasteiger partial charge is 0.481 e. The van der Waals surface area contributed by atoms with E-state index in [9.17, 15) is 29.1 Å². The van der Waals surface area contributed by atoms with Gasteiger partial charge in [-0.2, -0.15) is 0 Å². The van der Waals surface area contributed by atoms with Gasteiger partial charge in [0, 0.05) is 32.5 Å². The van der Waals surface area contributed by atoms with Crippen molar-refractivity contribution in [2.45, 2.75) is 97.4 Å². The van der Waals surface area contributed by atoms with Crippen LogP contribution in [0, 0.1) is 17.3 Å². The average molecular weight is 603 g/mol. The van der Waals surface area contributed by atoms with E-state index in [0.29, 0.717) is 0 Å². The van der Waals surface area contributed by atoms with Crippen molar-refractivity contribution in [2.24, 2.45) is 17.3 Å². The van der Waals surface area contributed by atoms with Gasteiger partial charge in [-0.05, 0) is 44.9 Å². The van der Waals surface area contributed by atoms with Gasteiger partial charge in [-0.15, -0.1) is 0 Å². The van der Waals surface area contributed by atoms with Crippen molar-refractivity contribution in [1.82, 2.24) is 30.4 Å². The molecule has 2 heterocycles. The maximum Gasteiger partial charge on any atom is 0.410 e. The highest BCUT2D eigenvalue weighted by molar-refractivity contribution is 5.97. The molecule has 43 heavy (non-hydrogen) atoms. The molecule has 2 fully saturated rings. The zero-order valence-corrected chi connectivity index (χ0v) is 26.3. The number of carbonyl (C=O) groups is 5. The van der Waals surface area contributed by atoms with E-state index in [1.165, 1.54) is 35.4 Å². The Labute approximate surface area is 253 Å². The number of ether oxygens (including phenoxy) is 1. The molecule has 1 aromatic heterocycles. The van der Waals surface area contributed by atoms with Gasteiger partial charge in [0.2, 0.25) is 11.8 Å². The number of carboxylic acid groups (broad SMARTS) is 1. The highest BCUT2D eigenvalue weighted by Gasteiger charge is 2.47. The summed E-state index contributed by atoms with van der Waals surface area (Å²) in [6, 6.07) is -2.79. The Bertz CT molecular complexity index is 1170. The predicted molar refractivity (Wildman–Crippen MR) is 157 cm³/mol. The molecule has 1 saturated heterocycles. The van der Waals surface area contributed by atoms with Crippen LogP contribution in [0.1, 0.15) is 84.1 Å². The lowest BCUT2D eigenvalue weighted by molar-refractivity contribution is -0.146. The van der Waals surface area contributed by atoms with Crippen LogP contribution in [-0.4, -0.2) is 98.5 Å². The number of carbonyl (C=O) groups excluding carboxylic acids is 4. The van der Waals surface area contributed by atoms with E-state index in [2.05, 4.69) is 20.6 Å². The molecule has 0 spiro atoms. The van der Waals surface area contributed by atoms with Crippen LogP contribution in [0.5, 0.6) is 0 Å². The zero-order chi connectivity index (χ0) is 32.1. The normalized spacial score (nSPS) is 21.0. The van der Waals surface area contributed by atoms with E-state index >= 15 is 0 Å². The van der Waals surface area contributed by atoms with Crippen LogP contribution in [0.3, 0.4) is 0 Å². The minimum atomic E-state index is -1.14. The summed E-state index contributed by atoms with van der Waals surface area (Å²) in [5.41, 5.74) is -1.46. The Morgan fingerprint density at radius 3 is 2.19 bits per heavy atom. The van der Waals surface area contributed by atoms with Gasteiger partial charge in [0.1, 0.15) is 23.4 Å². The smallest absolute Gasteiger partial charge is 0.410 e. The number of likely N-dealkylation sites (tertiary alicyclic amines) is 1. The number of nitrogens with zero attached hydrogens (tertiary/aromatic N) is 4. The molecular formula is C30H46N6O7. The number of aliphatic carboxylic acids is 1. The molecule has 0 radical (unpaired) electrons. The van der Waals surface area contributed by atoms with Gasteiger partial charge in [0.05, 0.1) is 18.2 Å². The van der Waals surface area contributed by atoms with Crippen molar-refractivity contribution in [3.05, 3.63) is 24.3 Å². The molecule has 0 unspecified atom stereocenters. The lowest BCUT2D eigenvalue weighted by Crippen LogP contribution is -2.61. The zero-order valence-electron chi connectivity index (χ0n) is 26.3. The first-order valence-electron chi connectivity index (χ1n) is 14.8. The van der Waals surface area contributed by atoms with E-state index in [4.69, 9.17) is 4.74 Å². The Kier molecular flexibility index (Phi) is 10.7. The molecule has 13 nitrogen and oxygen atoms in total. The van der Waals surface area contributed by atoms with Crippen LogP contribution in [0.25, 0.3) is 0 Å². The number of rotatable bonds is 8. The third kappa shape index (κ3) is 8.87. The lowest BCUT2D eigenvalue weighted by Gasteiger charge is -2.38. The van der Waals surface area contributed by atoms with Crippen LogP contribution >= 0.6 is 0 Å². The first-order valence-corrected chi connectivity index (χ1v) is 14.8. The number of carboxylic acids is 1. The van der Waals surface area contributed by atoms with Gasteiger partial charge in [-0.25, -0.2) is 9.78 Å². The number of hydrogen-bond acceptors (Lipinski definition) is 8. The maximum absolute atomic E-state index is 14.0. The molecule has 3 rings (SSSR count). The number of amides is 4. The van der Waals surface area contributed by atoms with Crippen LogP contribution < -0.4 is 10.6 Å². The molecule has 4 atom stereocenters. The lowest BCUT2D eigenvalue weighted by atomic mass is 9.82. The molecule has 1 saturated carbocycles. The van der Waals surface area contributed by atoms with E-state index in [1.54, 1.807) is 41.5 Å². The fourth-order valence-corrected chi connectivity index (χ4v) is 5.64. The minimum Gasteiger partial charge on any atom is -0.481 e. The topological polar surface area (TPSA) is 171 Å². The third-order valence-electron chi connectivity index (χ3n) is 7.99. The molecule has 238 valence electrons. The van der Waals surface area contributed by atoms with E-state index in [0.717, 1.165) is 32.1 Å². The van der Waals surface area contributed by atoms with Gasteiger partial charge >= 0.3 is 12.1 Å². The van der Waals surface area contributed by atoms with E-state index in [-0.39, 0.29) is 24.7 Å². The fraction of sp³-hybridized carbons (Fsp3) is 0.700. The fourth-order valence-electron chi connectivity index (χ4n) is 5.64. The van der Waals surface area contributed by atoms with Crippen LogP contribution in [0.2, 0.25) is 0 Å². The summed E-state index contributed by atoms with van der Waals surface area (Å²) in [7, 11) is 1.49. The van der Waals surface area contributed by atoms with Gasteiger partial charge < -0.3 is 30.3 Å². The van der Waals surface area contributed by atoms with E-state index in [1.807, 2.05) is 0 Å². The first kappa shape index (κ1) is 33.7. The van der Waals surface area contributed by atoms with Crippen molar-refractivity contribution in [3.63, 3.8) is 0 Å². The summed E-state index contributed by atoms with van der Waals surface area (Å²) in [5, 5.41) is 15.7. The number of aromatic nitrogens is 2. The van der Waals surface area contributed by atoms with Crippen molar-refractivity contribution in [1.29, 1.82) is 0 Å². The highest BCUT2D eigenvalue weighted by Crippen LogP contribution is 2.30. The second-order valence-corrected chi connectivity index (χ2v) is 13.6. The Morgan fingerprint density at radius 1 is 1.00 bits per heavy atom. The average Bonchev–Trinajstić information content (AvgIpc) is 3.39. The SMILES string of the molecule is CN(C(=O)[C@@H](NC(=O)[C@@H](NC(=O)c1cnccn1)C1CCCCC1)C(C)(C)C)[C@H]1CN(C(=O)OC(C)(C)C)C[C@H]1C(=O)O. The number of nitrogens with one attached hydrogen (secondary N) is 2. The summed E-state index contributed by atoms with van der Waals surface area (Å²) in [4.78, 5) is 76.4. The summed E-state index contributed by atoms with van der Waals surface area (Å²) in [6.07, 6.45) is 7.89. The standard InChI is InChI=1S/C30H46N6O7/c1-29(2,3)23(26(39)35(7)21-17-36(16-19(21)27(40)41)28(42)43-30(4,5)6)34-25(38)22(18-11-9-8-10-12-18)33-24(37)20-15-31-13-14-32-20/h13-15,18-19,21-23H,8-12,16-17H2,1-7H3,(H,33,37)(H,34,38)(H,40,41)/t19-,21+,22+,23-/m1/s1. The Hall–Kier alpha value is -3.77. The summed E-state index contributed by atoms with van der Waals surface area (Å²) >= 11 is 0. The maximum atomic E-state index is 14.0. The van der Waals surface area contributed by atoms with Gasteiger partial charge in [-0.1, -0.05) is 40.0 Å². The number of likely N-dealkylation sites (N-methyl/N-ethyl adjacent to an activating group) is 1. The van der Waals surface area contributed by atoms with Crippen molar-refractivity contribution in [2.75, 3.05) is 20.1 Å².